The number of rotatable bonds is 5. The summed E-state index contributed by atoms with van der Waals surface area (Å²) in [6.45, 7) is 1.52. The molecule has 0 bridgehead atoms. The zero-order valence-corrected chi connectivity index (χ0v) is 11.9. The number of carbonyl (C=O) groups excluding carboxylic acids is 1. The number of aromatic hydroxyl groups is 1. The van der Waals surface area contributed by atoms with Gasteiger partial charge in [0.05, 0.1) is 32.4 Å². The molecular weight excluding hydrogens is 282 g/mol. The minimum absolute atomic E-state index is 0.121. The highest BCUT2D eigenvalue weighted by Crippen LogP contribution is 2.32. The minimum atomic E-state index is -0.301. The molecule has 7 heteroatoms. The first-order valence-electron chi connectivity index (χ1n) is 5.75. The second-order valence-corrected chi connectivity index (χ2v) is 4.28. The number of benzene rings is 1. The van der Waals surface area contributed by atoms with E-state index < -0.39 is 0 Å². The maximum Gasteiger partial charge on any atom is 0.239 e. The lowest BCUT2D eigenvalue weighted by atomic mass is 10.2. The van der Waals surface area contributed by atoms with Gasteiger partial charge in [0.2, 0.25) is 5.91 Å². The van der Waals surface area contributed by atoms with Crippen molar-refractivity contribution in [2.24, 2.45) is 5.10 Å². The van der Waals surface area contributed by atoms with Crippen LogP contribution in [0.2, 0.25) is 5.02 Å². The van der Waals surface area contributed by atoms with Gasteiger partial charge >= 0.3 is 0 Å². The number of hydrogen-bond acceptors (Lipinski definition) is 5. The first kappa shape index (κ1) is 15.8. The van der Waals surface area contributed by atoms with Crippen LogP contribution in [0, 0.1) is 11.3 Å². The highest BCUT2D eigenvalue weighted by molar-refractivity contribution is 6.31. The van der Waals surface area contributed by atoms with Gasteiger partial charge in [-0.25, -0.2) is 5.01 Å². The molecule has 6 nitrogen and oxygen atoms in total. The van der Waals surface area contributed by atoms with E-state index in [1.54, 1.807) is 0 Å². The second kappa shape index (κ2) is 7.36. The van der Waals surface area contributed by atoms with E-state index in [1.807, 2.05) is 6.07 Å². The topological polar surface area (TPSA) is 85.9 Å². The average Bonchev–Trinajstić information content (AvgIpc) is 2.41. The van der Waals surface area contributed by atoms with E-state index in [4.69, 9.17) is 21.6 Å². The summed E-state index contributed by atoms with van der Waals surface area (Å²) in [5.41, 5.74) is 0.317. The van der Waals surface area contributed by atoms with Gasteiger partial charge < -0.3 is 9.84 Å². The molecule has 20 heavy (non-hydrogen) atoms. The first-order chi connectivity index (χ1) is 9.49. The normalized spacial score (nSPS) is 10.3. The van der Waals surface area contributed by atoms with Crippen molar-refractivity contribution < 1.29 is 14.6 Å². The molecule has 1 aromatic carbocycles. The molecule has 0 atom stereocenters. The van der Waals surface area contributed by atoms with Crippen molar-refractivity contribution in [3.63, 3.8) is 0 Å². The Labute approximate surface area is 121 Å². The second-order valence-electron chi connectivity index (χ2n) is 3.84. The van der Waals surface area contributed by atoms with Crippen molar-refractivity contribution in [2.75, 3.05) is 13.7 Å². The zero-order valence-electron chi connectivity index (χ0n) is 11.1. The lowest BCUT2D eigenvalue weighted by Crippen LogP contribution is -2.24. The number of halogens is 1. The van der Waals surface area contributed by atoms with Crippen LogP contribution in [0.1, 0.15) is 18.9 Å². The summed E-state index contributed by atoms with van der Waals surface area (Å²) < 4.78 is 4.97. The Morgan fingerprint density at radius 1 is 1.65 bits per heavy atom. The Morgan fingerprint density at radius 2 is 2.35 bits per heavy atom. The molecule has 0 heterocycles. The molecule has 1 aromatic rings. The Bertz CT molecular complexity index is 567. The Balaban J connectivity index is 3.01. The van der Waals surface area contributed by atoms with Gasteiger partial charge in [-0.3, -0.25) is 4.79 Å². The van der Waals surface area contributed by atoms with Gasteiger partial charge in [0, 0.05) is 23.6 Å². The van der Waals surface area contributed by atoms with E-state index in [9.17, 15) is 9.90 Å². The van der Waals surface area contributed by atoms with E-state index in [1.165, 1.54) is 32.4 Å². The van der Waals surface area contributed by atoms with Crippen molar-refractivity contribution in [1.29, 1.82) is 5.26 Å². The third-order valence-corrected chi connectivity index (χ3v) is 2.64. The SMILES string of the molecule is COc1cc(Cl)cc(C=NN(CCC#N)C(C)=O)c1O. The van der Waals surface area contributed by atoms with Gasteiger partial charge in [-0.1, -0.05) is 11.6 Å². The van der Waals surface area contributed by atoms with Gasteiger partial charge in [0.25, 0.3) is 0 Å². The van der Waals surface area contributed by atoms with Gasteiger partial charge in [-0.05, 0) is 6.07 Å². The monoisotopic (exact) mass is 295 g/mol. The molecular formula is C13H14ClN3O3. The number of phenols is 1. The fourth-order valence-corrected chi connectivity index (χ4v) is 1.65. The third-order valence-electron chi connectivity index (χ3n) is 2.42. The highest BCUT2D eigenvalue weighted by atomic mass is 35.5. The van der Waals surface area contributed by atoms with Crippen LogP contribution in [-0.4, -0.2) is 35.9 Å². The molecule has 106 valence electrons. The Hall–Kier alpha value is -2.26. The molecule has 0 radical (unpaired) electrons. The summed E-state index contributed by atoms with van der Waals surface area (Å²) in [5, 5.41) is 23.9. The number of phenolic OH excluding ortho intramolecular Hbond substituents is 1. The van der Waals surface area contributed by atoms with Crippen LogP contribution in [0.15, 0.2) is 17.2 Å². The molecule has 1 N–H and O–H groups in total. The zero-order chi connectivity index (χ0) is 15.1. The first-order valence-corrected chi connectivity index (χ1v) is 6.13. The number of hydrazone groups is 1. The number of nitriles is 1. The average molecular weight is 296 g/mol. The van der Waals surface area contributed by atoms with Crippen molar-refractivity contribution in [1.82, 2.24) is 5.01 Å². The van der Waals surface area contributed by atoms with Crippen LogP contribution >= 0.6 is 11.6 Å². The van der Waals surface area contributed by atoms with Crippen molar-refractivity contribution in [2.45, 2.75) is 13.3 Å². The smallest absolute Gasteiger partial charge is 0.239 e. The number of amides is 1. The maximum absolute atomic E-state index is 11.3. The third kappa shape index (κ3) is 4.14. The van der Waals surface area contributed by atoms with Crippen LogP contribution in [0.5, 0.6) is 11.5 Å². The highest BCUT2D eigenvalue weighted by Gasteiger charge is 2.10. The van der Waals surface area contributed by atoms with E-state index >= 15 is 0 Å². The van der Waals surface area contributed by atoms with Crippen LogP contribution in [0.25, 0.3) is 0 Å². The van der Waals surface area contributed by atoms with Gasteiger partial charge in [-0.15, -0.1) is 0 Å². The summed E-state index contributed by atoms with van der Waals surface area (Å²) in [6, 6.07) is 4.89. The van der Waals surface area contributed by atoms with Gasteiger partial charge in [0.1, 0.15) is 0 Å². The molecule has 1 amide bonds. The molecule has 1 rings (SSSR count). The van der Waals surface area contributed by atoms with Gasteiger partial charge in [-0.2, -0.15) is 10.4 Å². The molecule has 0 aliphatic heterocycles. The van der Waals surface area contributed by atoms with Crippen LogP contribution in [-0.2, 0) is 4.79 Å². The summed E-state index contributed by atoms with van der Waals surface area (Å²) in [5.74, 6) is -0.209. The number of nitrogens with zero attached hydrogens (tertiary/aromatic N) is 3. The standard InChI is InChI=1S/C13H14ClN3O3/c1-9(18)17(5-3-4-15)16-8-10-6-11(14)7-12(20-2)13(10)19/h6-8,19H,3,5H2,1-2H3. The lowest BCUT2D eigenvalue weighted by Gasteiger charge is -2.13. The number of methoxy groups -OCH3 is 1. The number of carbonyl (C=O) groups is 1. The maximum atomic E-state index is 11.3. The molecule has 0 aromatic heterocycles. The van der Waals surface area contributed by atoms with Gasteiger partial charge in [0.15, 0.2) is 11.5 Å². The largest absolute Gasteiger partial charge is 0.504 e. The summed E-state index contributed by atoms with van der Waals surface area (Å²) in [4.78, 5) is 11.3. The van der Waals surface area contributed by atoms with Crippen molar-refractivity contribution in [3.8, 4) is 17.6 Å². The van der Waals surface area contributed by atoms with E-state index in [2.05, 4.69) is 5.10 Å². The van der Waals surface area contributed by atoms with Crippen molar-refractivity contribution >= 4 is 23.7 Å². The number of hydrogen-bond donors (Lipinski definition) is 1. The fourth-order valence-electron chi connectivity index (χ4n) is 1.43. The molecule has 0 fully saturated rings. The summed E-state index contributed by atoms with van der Waals surface area (Å²) in [7, 11) is 1.40. The van der Waals surface area contributed by atoms with E-state index in [0.717, 1.165) is 5.01 Å². The summed E-state index contributed by atoms with van der Waals surface area (Å²) >= 11 is 5.89. The summed E-state index contributed by atoms with van der Waals surface area (Å²) in [6.07, 6.45) is 1.46. The van der Waals surface area contributed by atoms with Crippen molar-refractivity contribution in [3.05, 3.63) is 22.7 Å². The Kier molecular flexibility index (Phi) is 5.81. The van der Waals surface area contributed by atoms with Crippen LogP contribution in [0.4, 0.5) is 0 Å². The number of ether oxygens (including phenoxy) is 1. The van der Waals surface area contributed by atoms with Crippen LogP contribution < -0.4 is 4.74 Å². The fraction of sp³-hybridized carbons (Fsp3) is 0.308. The van der Waals surface area contributed by atoms with E-state index in [-0.39, 0.29) is 30.4 Å². The molecule has 0 spiro atoms. The molecule has 0 saturated heterocycles. The molecule has 0 aliphatic carbocycles. The van der Waals surface area contributed by atoms with E-state index in [0.29, 0.717) is 10.6 Å². The predicted octanol–water partition coefficient (Wildman–Crippen LogP) is 2.15. The minimum Gasteiger partial charge on any atom is -0.504 e. The molecule has 0 unspecified atom stereocenters. The molecule has 0 saturated carbocycles. The quantitative estimate of drug-likeness (QED) is 0.666. The molecule has 0 aliphatic rings. The van der Waals surface area contributed by atoms with Crippen LogP contribution in [0.3, 0.4) is 0 Å². The Morgan fingerprint density at radius 3 is 2.90 bits per heavy atom. The lowest BCUT2D eigenvalue weighted by molar-refractivity contribution is -0.128. The predicted molar refractivity (Wildman–Crippen MR) is 74.9 cm³/mol.